The second kappa shape index (κ2) is 8.09. The molecule has 0 saturated heterocycles. The monoisotopic (exact) mass is 410 g/mol. The fourth-order valence-electron chi connectivity index (χ4n) is 2.38. The number of rotatable bonds is 5. The average Bonchev–Trinajstić information content (AvgIpc) is 2.67. The summed E-state index contributed by atoms with van der Waals surface area (Å²) in [6.07, 6.45) is 0. The first-order chi connectivity index (χ1) is 13.3. The number of nitro benzene ring substituents is 1. The Morgan fingerprint density at radius 1 is 1.21 bits per heavy atom. The maximum Gasteiger partial charge on any atom is 0.345 e. The van der Waals surface area contributed by atoms with Gasteiger partial charge in [0.1, 0.15) is 24.6 Å². The van der Waals surface area contributed by atoms with E-state index in [1.54, 1.807) is 0 Å². The third kappa shape index (κ3) is 4.29. The summed E-state index contributed by atoms with van der Waals surface area (Å²) in [4.78, 5) is 34.6. The molecule has 0 fully saturated rings. The molecule has 0 spiro atoms. The molecule has 3 rings (SSSR count). The average molecular weight is 411 g/mol. The van der Waals surface area contributed by atoms with E-state index in [1.165, 1.54) is 12.1 Å². The highest BCUT2D eigenvalue weighted by Gasteiger charge is 2.27. The molecule has 0 radical (unpaired) electrons. The number of fused-ring (bicyclic) bond motifs is 1. The summed E-state index contributed by atoms with van der Waals surface area (Å²) in [5.41, 5.74) is -1.16. The first-order valence-corrected chi connectivity index (χ1v) is 8.23. The van der Waals surface area contributed by atoms with E-state index in [-0.39, 0.29) is 35.4 Å². The molecular formula is C17H12ClFN2O7. The van der Waals surface area contributed by atoms with Gasteiger partial charge in [0.2, 0.25) is 0 Å². The number of nitrogens with one attached hydrogen (secondary N) is 1. The number of carbonyl (C=O) groups is 2. The molecule has 2 aromatic rings. The molecule has 1 aliphatic rings. The predicted molar refractivity (Wildman–Crippen MR) is 94.4 cm³/mol. The molecule has 0 atom stereocenters. The quantitative estimate of drug-likeness (QED) is 0.457. The molecule has 0 unspecified atom stereocenters. The number of amides is 1. The highest BCUT2D eigenvalue weighted by atomic mass is 35.5. The first kappa shape index (κ1) is 19.4. The van der Waals surface area contributed by atoms with E-state index in [2.05, 4.69) is 5.32 Å². The van der Waals surface area contributed by atoms with E-state index < -0.39 is 40.5 Å². The lowest BCUT2D eigenvalue weighted by atomic mass is 10.1. The Labute approximate surface area is 162 Å². The van der Waals surface area contributed by atoms with Gasteiger partial charge in [-0.2, -0.15) is 0 Å². The van der Waals surface area contributed by atoms with Crippen LogP contribution in [0.15, 0.2) is 30.3 Å². The second-order valence-electron chi connectivity index (χ2n) is 5.52. The van der Waals surface area contributed by atoms with Crippen LogP contribution in [0, 0.1) is 15.9 Å². The Kier molecular flexibility index (Phi) is 5.59. The molecule has 11 heteroatoms. The summed E-state index contributed by atoms with van der Waals surface area (Å²) < 4.78 is 29.0. The number of nitrogens with zero attached hydrogens (tertiary/aromatic N) is 1. The third-order valence-electron chi connectivity index (χ3n) is 3.61. The summed E-state index contributed by atoms with van der Waals surface area (Å²) in [5, 5.41) is 13.6. The zero-order chi connectivity index (χ0) is 20.3. The van der Waals surface area contributed by atoms with Crippen molar-refractivity contribution in [3.05, 3.63) is 56.8 Å². The third-order valence-corrected chi connectivity index (χ3v) is 3.85. The molecule has 1 N–H and O–H groups in total. The lowest BCUT2D eigenvalue weighted by Gasteiger charge is -2.18. The van der Waals surface area contributed by atoms with E-state index in [0.29, 0.717) is 0 Å². The van der Waals surface area contributed by atoms with Crippen molar-refractivity contribution in [2.24, 2.45) is 0 Å². The van der Waals surface area contributed by atoms with Gasteiger partial charge < -0.3 is 19.5 Å². The zero-order valence-corrected chi connectivity index (χ0v) is 14.8. The van der Waals surface area contributed by atoms with E-state index >= 15 is 0 Å². The molecule has 1 amide bonds. The van der Waals surface area contributed by atoms with Gasteiger partial charge in [-0.05, 0) is 18.2 Å². The lowest BCUT2D eigenvalue weighted by Crippen LogP contribution is -2.22. The number of ether oxygens (including phenoxy) is 3. The van der Waals surface area contributed by atoms with Crippen molar-refractivity contribution in [1.29, 1.82) is 0 Å². The van der Waals surface area contributed by atoms with Crippen LogP contribution in [0.3, 0.4) is 0 Å². The number of carbonyl (C=O) groups excluding carboxylic acids is 2. The predicted octanol–water partition coefficient (Wildman–Crippen LogP) is 2.95. The molecule has 1 heterocycles. The van der Waals surface area contributed by atoms with Gasteiger partial charge in [0.25, 0.3) is 11.6 Å². The maximum atomic E-state index is 13.6. The van der Waals surface area contributed by atoms with Crippen molar-refractivity contribution in [3.8, 4) is 11.5 Å². The molecule has 28 heavy (non-hydrogen) atoms. The van der Waals surface area contributed by atoms with Crippen molar-refractivity contribution < 1.29 is 33.1 Å². The lowest BCUT2D eigenvalue weighted by molar-refractivity contribution is -0.385. The summed E-state index contributed by atoms with van der Waals surface area (Å²) in [5.74, 6) is -2.43. The molecule has 2 aromatic carbocycles. The van der Waals surface area contributed by atoms with Gasteiger partial charge in [-0.1, -0.05) is 11.6 Å². The molecule has 146 valence electrons. The number of halogens is 2. The molecular weight excluding hydrogens is 399 g/mol. The number of hydrogen-bond donors (Lipinski definition) is 1. The van der Waals surface area contributed by atoms with Gasteiger partial charge >= 0.3 is 5.97 Å². The van der Waals surface area contributed by atoms with E-state index in [1.807, 2.05) is 0 Å². The molecule has 1 aliphatic heterocycles. The van der Waals surface area contributed by atoms with Crippen LogP contribution < -0.4 is 14.8 Å². The van der Waals surface area contributed by atoms with Crippen LogP contribution in [0.2, 0.25) is 5.02 Å². The number of nitro groups is 1. The van der Waals surface area contributed by atoms with Crippen LogP contribution in [0.1, 0.15) is 10.4 Å². The standard InChI is InChI=1S/C17H12ClFN2O7/c18-9-1-2-11(19)12(5-9)20-16(22)8-28-17(23)10-6-14-15(27-4-3-26-14)7-13(10)21(24)25/h1-2,5-7H,3-4,8H2,(H,20,22). The number of esters is 1. The Balaban J connectivity index is 1.71. The van der Waals surface area contributed by atoms with Gasteiger partial charge in [0.05, 0.1) is 16.7 Å². The highest BCUT2D eigenvalue weighted by molar-refractivity contribution is 6.30. The van der Waals surface area contributed by atoms with Gasteiger partial charge in [0, 0.05) is 11.1 Å². The van der Waals surface area contributed by atoms with Crippen molar-refractivity contribution >= 4 is 34.9 Å². The smallest absolute Gasteiger partial charge is 0.345 e. The van der Waals surface area contributed by atoms with Gasteiger partial charge in [-0.3, -0.25) is 14.9 Å². The van der Waals surface area contributed by atoms with Gasteiger partial charge in [0.15, 0.2) is 18.1 Å². The van der Waals surface area contributed by atoms with Crippen molar-refractivity contribution in [3.63, 3.8) is 0 Å². The van der Waals surface area contributed by atoms with E-state index in [4.69, 9.17) is 25.8 Å². The van der Waals surface area contributed by atoms with Gasteiger partial charge in [-0.25, -0.2) is 9.18 Å². The SMILES string of the molecule is O=C(COC(=O)c1cc2c(cc1[N+](=O)[O-])OCCO2)Nc1cc(Cl)ccc1F. The fourth-order valence-corrected chi connectivity index (χ4v) is 2.55. The van der Waals surface area contributed by atoms with Crippen molar-refractivity contribution in [2.75, 3.05) is 25.1 Å². The maximum absolute atomic E-state index is 13.6. The molecule has 0 saturated carbocycles. The molecule has 0 aliphatic carbocycles. The number of benzene rings is 2. The molecule has 9 nitrogen and oxygen atoms in total. The van der Waals surface area contributed by atoms with Crippen LogP contribution in [0.4, 0.5) is 15.8 Å². The minimum Gasteiger partial charge on any atom is -0.486 e. The van der Waals surface area contributed by atoms with E-state index in [9.17, 15) is 24.1 Å². The molecule has 0 bridgehead atoms. The van der Waals surface area contributed by atoms with Crippen LogP contribution in [0.25, 0.3) is 0 Å². The fraction of sp³-hybridized carbons (Fsp3) is 0.176. The van der Waals surface area contributed by atoms with Crippen LogP contribution in [-0.4, -0.2) is 36.6 Å². The summed E-state index contributed by atoms with van der Waals surface area (Å²) >= 11 is 5.72. The van der Waals surface area contributed by atoms with Crippen molar-refractivity contribution in [1.82, 2.24) is 0 Å². The van der Waals surface area contributed by atoms with Crippen LogP contribution in [-0.2, 0) is 9.53 Å². The Hall–Kier alpha value is -3.40. The van der Waals surface area contributed by atoms with E-state index in [0.717, 1.165) is 18.2 Å². The molecule has 0 aromatic heterocycles. The number of hydrogen-bond acceptors (Lipinski definition) is 7. The zero-order valence-electron chi connectivity index (χ0n) is 14.1. The largest absolute Gasteiger partial charge is 0.486 e. The van der Waals surface area contributed by atoms with Crippen LogP contribution >= 0.6 is 11.6 Å². The van der Waals surface area contributed by atoms with Gasteiger partial charge in [-0.15, -0.1) is 0 Å². The highest BCUT2D eigenvalue weighted by Crippen LogP contribution is 2.36. The Morgan fingerprint density at radius 3 is 2.57 bits per heavy atom. The van der Waals surface area contributed by atoms with Crippen LogP contribution in [0.5, 0.6) is 11.5 Å². The minimum absolute atomic E-state index is 0.128. The normalized spacial score (nSPS) is 12.2. The summed E-state index contributed by atoms with van der Waals surface area (Å²) in [6, 6.07) is 5.70. The summed E-state index contributed by atoms with van der Waals surface area (Å²) in [6.45, 7) is -0.364. The minimum atomic E-state index is -1.12. The summed E-state index contributed by atoms with van der Waals surface area (Å²) in [7, 11) is 0. The number of anilines is 1. The van der Waals surface area contributed by atoms with Crippen molar-refractivity contribution in [2.45, 2.75) is 0 Å². The Morgan fingerprint density at radius 2 is 1.89 bits per heavy atom. The Bertz CT molecular complexity index is 967. The first-order valence-electron chi connectivity index (χ1n) is 7.85. The topological polar surface area (TPSA) is 117 Å². The second-order valence-corrected chi connectivity index (χ2v) is 5.96.